The number of aryl methyl sites for hydroxylation is 1. The maximum atomic E-state index is 12.3. The van der Waals surface area contributed by atoms with Crippen LogP contribution in [0.1, 0.15) is 27.6 Å². The number of hydrogen-bond donors (Lipinski definition) is 0. The van der Waals surface area contributed by atoms with E-state index in [1.807, 2.05) is 31.2 Å². The maximum Gasteiger partial charge on any atom is 0.194 e. The van der Waals surface area contributed by atoms with Crippen LogP contribution in [-0.4, -0.2) is 19.0 Å². The topological polar surface area (TPSA) is 38.8 Å². The van der Waals surface area contributed by atoms with Gasteiger partial charge in [-0.15, -0.1) is 0 Å². The Kier molecular flexibility index (Phi) is 3.28. The molecule has 3 heteroatoms. The molecule has 1 heterocycles. The van der Waals surface area contributed by atoms with Crippen LogP contribution in [0.3, 0.4) is 0 Å². The van der Waals surface area contributed by atoms with Crippen LogP contribution in [0.5, 0.6) is 5.75 Å². The number of rotatable bonds is 4. The Morgan fingerprint density at radius 1 is 1.10 bits per heavy atom. The molecule has 2 aromatic rings. The van der Waals surface area contributed by atoms with Gasteiger partial charge in [0.1, 0.15) is 11.9 Å². The van der Waals surface area contributed by atoms with Crippen LogP contribution in [0.4, 0.5) is 0 Å². The molecule has 0 N–H and O–H groups in total. The number of carbonyl (C=O) groups is 1. The first-order valence-corrected chi connectivity index (χ1v) is 6.60. The van der Waals surface area contributed by atoms with Crippen molar-refractivity contribution in [1.82, 2.24) is 0 Å². The highest BCUT2D eigenvalue weighted by Gasteiger charge is 2.46. The number of Topliss-reactive ketones (excluding diaryl/α,β-unsaturated/α-hetero) is 1. The number of methoxy groups -OCH3 is 1. The van der Waals surface area contributed by atoms with Gasteiger partial charge in [-0.25, -0.2) is 0 Å². The van der Waals surface area contributed by atoms with Crippen molar-refractivity contribution in [3.05, 3.63) is 65.2 Å². The zero-order chi connectivity index (χ0) is 14.1. The molecule has 1 saturated heterocycles. The van der Waals surface area contributed by atoms with E-state index in [0.717, 1.165) is 16.9 Å². The fourth-order valence-electron chi connectivity index (χ4n) is 2.37. The number of epoxide rings is 1. The first kappa shape index (κ1) is 12.9. The normalized spacial score (nSPS) is 20.5. The lowest BCUT2D eigenvalue weighted by molar-refractivity contribution is 0.0953. The Bertz CT molecular complexity index is 631. The highest BCUT2D eigenvalue weighted by Crippen LogP contribution is 2.41. The van der Waals surface area contributed by atoms with Gasteiger partial charge in [0, 0.05) is 5.56 Å². The standard InChI is InChI=1S/C17H16O3/c1-11-5-3-4-6-14(11)16-17(20-16)15(18)12-7-9-13(19-2)10-8-12/h3-10,16-17H,1-2H3/t16-,17-/m1/s1. The minimum atomic E-state index is -0.357. The number of ether oxygens (including phenoxy) is 2. The van der Waals surface area contributed by atoms with Crippen LogP contribution in [0.25, 0.3) is 0 Å². The number of carbonyl (C=O) groups excluding carboxylic acids is 1. The number of benzene rings is 2. The zero-order valence-corrected chi connectivity index (χ0v) is 11.5. The number of ketones is 1. The molecule has 0 aromatic heterocycles. The maximum absolute atomic E-state index is 12.3. The van der Waals surface area contributed by atoms with Gasteiger partial charge in [0.15, 0.2) is 11.9 Å². The molecule has 3 rings (SSSR count). The first-order valence-electron chi connectivity index (χ1n) is 6.60. The third-order valence-electron chi connectivity index (χ3n) is 3.62. The van der Waals surface area contributed by atoms with E-state index < -0.39 is 0 Å². The van der Waals surface area contributed by atoms with E-state index in [4.69, 9.17) is 9.47 Å². The molecule has 1 aliphatic rings. The summed E-state index contributed by atoms with van der Waals surface area (Å²) >= 11 is 0. The quantitative estimate of drug-likeness (QED) is 0.630. The third kappa shape index (κ3) is 2.32. The molecule has 1 aliphatic heterocycles. The van der Waals surface area contributed by atoms with Crippen molar-refractivity contribution >= 4 is 5.78 Å². The molecule has 0 saturated carbocycles. The fraction of sp³-hybridized carbons (Fsp3) is 0.235. The molecule has 20 heavy (non-hydrogen) atoms. The van der Waals surface area contributed by atoms with Gasteiger partial charge in [-0.2, -0.15) is 0 Å². The van der Waals surface area contributed by atoms with Gasteiger partial charge in [0.05, 0.1) is 7.11 Å². The van der Waals surface area contributed by atoms with E-state index in [2.05, 4.69) is 0 Å². The summed E-state index contributed by atoms with van der Waals surface area (Å²) in [4.78, 5) is 12.3. The minimum Gasteiger partial charge on any atom is -0.497 e. The second-order valence-electron chi connectivity index (χ2n) is 4.93. The molecular formula is C17H16O3. The molecule has 0 bridgehead atoms. The summed E-state index contributed by atoms with van der Waals surface area (Å²) in [7, 11) is 1.61. The first-order chi connectivity index (χ1) is 9.70. The van der Waals surface area contributed by atoms with Gasteiger partial charge in [-0.1, -0.05) is 24.3 Å². The predicted molar refractivity (Wildman–Crippen MR) is 76.1 cm³/mol. The average Bonchev–Trinajstić information content (AvgIpc) is 3.27. The van der Waals surface area contributed by atoms with Crippen molar-refractivity contribution in [2.45, 2.75) is 19.1 Å². The van der Waals surface area contributed by atoms with Crippen molar-refractivity contribution in [3.63, 3.8) is 0 Å². The lowest BCUT2D eigenvalue weighted by atomic mass is 10.00. The summed E-state index contributed by atoms with van der Waals surface area (Å²) in [6.45, 7) is 2.03. The minimum absolute atomic E-state index is 0.0286. The second kappa shape index (κ2) is 5.10. The number of hydrogen-bond acceptors (Lipinski definition) is 3. The molecule has 0 aliphatic carbocycles. The van der Waals surface area contributed by atoms with Crippen LogP contribution in [0.2, 0.25) is 0 Å². The largest absolute Gasteiger partial charge is 0.497 e. The van der Waals surface area contributed by atoms with Crippen LogP contribution in [0.15, 0.2) is 48.5 Å². The lowest BCUT2D eigenvalue weighted by Gasteiger charge is -2.02. The van der Waals surface area contributed by atoms with E-state index in [0.29, 0.717) is 5.56 Å². The van der Waals surface area contributed by atoms with Gasteiger partial charge >= 0.3 is 0 Å². The van der Waals surface area contributed by atoms with Crippen LogP contribution in [0, 0.1) is 6.92 Å². The predicted octanol–water partition coefficient (Wildman–Crippen LogP) is 3.33. The Morgan fingerprint density at radius 2 is 1.80 bits per heavy atom. The van der Waals surface area contributed by atoms with Gasteiger partial charge < -0.3 is 9.47 Å². The van der Waals surface area contributed by atoms with Crippen LogP contribution >= 0.6 is 0 Å². The SMILES string of the molecule is COc1ccc(C(=O)[C@H]2O[C@@H]2c2ccccc2C)cc1. The smallest absolute Gasteiger partial charge is 0.194 e. The molecule has 2 atom stereocenters. The van der Waals surface area contributed by atoms with Crippen LogP contribution < -0.4 is 4.74 Å². The second-order valence-corrected chi connectivity index (χ2v) is 4.93. The van der Waals surface area contributed by atoms with E-state index in [9.17, 15) is 4.79 Å². The van der Waals surface area contributed by atoms with E-state index in [1.165, 1.54) is 0 Å². The highest BCUT2D eigenvalue weighted by atomic mass is 16.6. The van der Waals surface area contributed by atoms with Crippen molar-refractivity contribution in [2.75, 3.05) is 7.11 Å². The van der Waals surface area contributed by atoms with E-state index in [1.54, 1.807) is 31.4 Å². The molecule has 0 spiro atoms. The Morgan fingerprint density at radius 3 is 2.45 bits per heavy atom. The summed E-state index contributed by atoms with van der Waals surface area (Å²) in [5, 5.41) is 0. The average molecular weight is 268 g/mol. The Balaban J connectivity index is 1.75. The van der Waals surface area contributed by atoms with Gasteiger partial charge in [-0.3, -0.25) is 4.79 Å². The summed E-state index contributed by atoms with van der Waals surface area (Å²) in [6.07, 6.45) is -0.463. The molecule has 2 aromatic carbocycles. The molecule has 102 valence electrons. The monoisotopic (exact) mass is 268 g/mol. The fourth-order valence-corrected chi connectivity index (χ4v) is 2.37. The van der Waals surface area contributed by atoms with Crippen molar-refractivity contribution in [2.24, 2.45) is 0 Å². The Labute approximate surface area is 118 Å². The zero-order valence-electron chi connectivity index (χ0n) is 11.5. The van der Waals surface area contributed by atoms with Crippen LogP contribution in [-0.2, 0) is 4.74 Å². The third-order valence-corrected chi connectivity index (χ3v) is 3.62. The van der Waals surface area contributed by atoms with Gasteiger partial charge in [0.2, 0.25) is 0 Å². The summed E-state index contributed by atoms with van der Waals surface area (Å²) < 4.78 is 10.7. The molecule has 0 radical (unpaired) electrons. The van der Waals surface area contributed by atoms with Crippen molar-refractivity contribution in [1.29, 1.82) is 0 Å². The highest BCUT2D eigenvalue weighted by molar-refractivity contribution is 6.01. The molecule has 0 amide bonds. The Hall–Kier alpha value is -2.13. The van der Waals surface area contributed by atoms with E-state index in [-0.39, 0.29) is 18.0 Å². The molecule has 3 nitrogen and oxygen atoms in total. The summed E-state index contributed by atoms with van der Waals surface area (Å²) in [5.41, 5.74) is 2.91. The molecule has 0 unspecified atom stereocenters. The van der Waals surface area contributed by atoms with Crippen molar-refractivity contribution < 1.29 is 14.3 Å². The molecular weight excluding hydrogens is 252 g/mol. The van der Waals surface area contributed by atoms with Gasteiger partial charge in [0.25, 0.3) is 0 Å². The summed E-state index contributed by atoms with van der Waals surface area (Å²) in [6, 6.07) is 15.1. The van der Waals surface area contributed by atoms with Crippen molar-refractivity contribution in [3.8, 4) is 5.75 Å². The lowest BCUT2D eigenvalue weighted by Crippen LogP contribution is -2.08. The van der Waals surface area contributed by atoms with E-state index >= 15 is 0 Å². The molecule has 1 fully saturated rings. The van der Waals surface area contributed by atoms with Gasteiger partial charge in [-0.05, 0) is 42.3 Å². The summed E-state index contributed by atoms with van der Waals surface area (Å²) in [5.74, 6) is 0.773.